The fraction of sp³-hybridized carbons (Fsp3) is 0.381. The van der Waals surface area contributed by atoms with Crippen molar-refractivity contribution in [3.05, 3.63) is 59.2 Å². The summed E-state index contributed by atoms with van der Waals surface area (Å²) in [6, 6.07) is 10.7. The van der Waals surface area contributed by atoms with Crippen LogP contribution in [0, 0.1) is 0 Å². The van der Waals surface area contributed by atoms with Crippen LogP contribution >= 0.6 is 0 Å². The Hall–Kier alpha value is -2.94. The number of alkyl halides is 3. The lowest BCUT2D eigenvalue weighted by Gasteiger charge is -2.20. The van der Waals surface area contributed by atoms with E-state index in [2.05, 4.69) is 10.1 Å². The maximum atomic E-state index is 12.7. The number of rotatable bonds is 7. The minimum absolute atomic E-state index is 0.0383. The predicted octanol–water partition coefficient (Wildman–Crippen LogP) is 4.68. The van der Waals surface area contributed by atoms with Crippen molar-refractivity contribution in [3.63, 3.8) is 0 Å². The van der Waals surface area contributed by atoms with E-state index in [4.69, 9.17) is 9.47 Å². The number of aliphatic hydroxyl groups is 1. The topological polar surface area (TPSA) is 77.0 Å². The Morgan fingerprint density at radius 1 is 1.00 bits per heavy atom. The van der Waals surface area contributed by atoms with E-state index in [0.29, 0.717) is 22.4 Å². The highest BCUT2D eigenvalue weighted by Crippen LogP contribution is 2.26. The van der Waals surface area contributed by atoms with Crippen molar-refractivity contribution < 1.29 is 37.3 Å². The van der Waals surface area contributed by atoms with Crippen molar-refractivity contribution in [2.24, 2.45) is 0 Å². The summed E-state index contributed by atoms with van der Waals surface area (Å²) in [6.45, 7) is 4.84. The quantitative estimate of drug-likeness (QED) is 0.671. The molecule has 0 radical (unpaired) electrons. The van der Waals surface area contributed by atoms with Gasteiger partial charge in [0.05, 0.1) is 6.61 Å². The van der Waals surface area contributed by atoms with Crippen molar-refractivity contribution in [2.75, 3.05) is 0 Å². The van der Waals surface area contributed by atoms with E-state index in [1.165, 1.54) is 12.1 Å². The van der Waals surface area contributed by atoms with Crippen molar-refractivity contribution in [1.82, 2.24) is 5.32 Å². The molecule has 0 aliphatic heterocycles. The predicted molar refractivity (Wildman–Crippen MR) is 103 cm³/mol. The highest BCUT2D eigenvalue weighted by Gasteiger charge is 2.31. The summed E-state index contributed by atoms with van der Waals surface area (Å²) in [7, 11) is 0. The Bertz CT molecular complexity index is 862. The van der Waals surface area contributed by atoms with E-state index in [9.17, 15) is 23.1 Å². The highest BCUT2D eigenvalue weighted by molar-refractivity contribution is 5.67. The van der Waals surface area contributed by atoms with Gasteiger partial charge in [-0.3, -0.25) is 0 Å². The average molecular weight is 427 g/mol. The molecule has 6 nitrogen and oxygen atoms in total. The molecule has 164 valence electrons. The number of aliphatic hydroxyl groups excluding tert-OH is 1. The number of carbonyl (C=O) groups excluding carboxylic acids is 1. The second-order valence-corrected chi connectivity index (χ2v) is 7.48. The smallest absolute Gasteiger partial charge is 0.489 e. The lowest BCUT2D eigenvalue weighted by atomic mass is 10.1. The number of carbonyl (C=O) groups is 1. The summed E-state index contributed by atoms with van der Waals surface area (Å²) in [4.78, 5) is 11.8. The third kappa shape index (κ3) is 8.60. The first-order chi connectivity index (χ1) is 13.9. The third-order valence-electron chi connectivity index (χ3n) is 3.58. The van der Waals surface area contributed by atoms with Gasteiger partial charge in [0.25, 0.3) is 0 Å². The molecule has 2 aromatic carbocycles. The van der Waals surface area contributed by atoms with Crippen LogP contribution in [0.3, 0.4) is 0 Å². The zero-order valence-electron chi connectivity index (χ0n) is 16.9. The number of halogens is 3. The molecule has 0 saturated heterocycles. The largest absolute Gasteiger partial charge is 0.573 e. The number of hydrogen-bond acceptors (Lipinski definition) is 5. The first-order valence-corrected chi connectivity index (χ1v) is 9.11. The highest BCUT2D eigenvalue weighted by atomic mass is 19.4. The minimum Gasteiger partial charge on any atom is -0.489 e. The van der Waals surface area contributed by atoms with Gasteiger partial charge in [0.2, 0.25) is 0 Å². The Kier molecular flexibility index (Phi) is 7.55. The maximum absolute atomic E-state index is 12.7. The Balaban J connectivity index is 2.14. The van der Waals surface area contributed by atoms with Crippen LogP contribution < -0.4 is 14.8 Å². The summed E-state index contributed by atoms with van der Waals surface area (Å²) < 4.78 is 52.8. The molecule has 0 saturated carbocycles. The second-order valence-electron chi connectivity index (χ2n) is 7.48. The lowest BCUT2D eigenvalue weighted by molar-refractivity contribution is -0.274. The Labute approximate surface area is 172 Å². The molecule has 30 heavy (non-hydrogen) atoms. The average Bonchev–Trinajstić information content (AvgIpc) is 2.62. The van der Waals surface area contributed by atoms with Crippen molar-refractivity contribution in [2.45, 2.75) is 52.5 Å². The van der Waals surface area contributed by atoms with Crippen LogP contribution in [0.1, 0.15) is 37.5 Å². The van der Waals surface area contributed by atoms with Gasteiger partial charge in [-0.25, -0.2) is 4.79 Å². The van der Waals surface area contributed by atoms with Crippen molar-refractivity contribution >= 4 is 6.09 Å². The minimum atomic E-state index is -4.86. The van der Waals surface area contributed by atoms with Gasteiger partial charge in [0.15, 0.2) is 0 Å². The summed E-state index contributed by atoms with van der Waals surface area (Å²) >= 11 is 0. The molecule has 2 N–H and O–H groups in total. The van der Waals surface area contributed by atoms with Crippen LogP contribution in [0.15, 0.2) is 42.5 Å². The molecule has 0 unspecified atom stereocenters. The number of benzene rings is 2. The van der Waals surface area contributed by atoms with E-state index in [-0.39, 0.29) is 19.8 Å². The van der Waals surface area contributed by atoms with Crippen LogP contribution in [-0.2, 0) is 24.5 Å². The fourth-order valence-corrected chi connectivity index (χ4v) is 2.50. The van der Waals surface area contributed by atoms with Gasteiger partial charge >= 0.3 is 12.5 Å². The third-order valence-corrected chi connectivity index (χ3v) is 3.58. The summed E-state index contributed by atoms with van der Waals surface area (Å²) in [5.41, 5.74) is 0.731. The second kappa shape index (κ2) is 9.71. The number of amides is 1. The van der Waals surface area contributed by atoms with E-state index in [1.54, 1.807) is 51.1 Å². The van der Waals surface area contributed by atoms with Gasteiger partial charge in [-0.05, 0) is 61.7 Å². The Morgan fingerprint density at radius 3 is 2.30 bits per heavy atom. The van der Waals surface area contributed by atoms with E-state index < -0.39 is 23.8 Å². The van der Waals surface area contributed by atoms with Gasteiger partial charge < -0.3 is 24.6 Å². The number of nitrogens with one attached hydrogen (secondary N) is 1. The molecule has 0 atom stereocenters. The molecule has 0 bridgehead atoms. The van der Waals surface area contributed by atoms with Gasteiger partial charge in [-0.2, -0.15) is 0 Å². The number of ether oxygens (including phenoxy) is 3. The number of hydrogen-bond donors (Lipinski definition) is 2. The van der Waals surface area contributed by atoms with Crippen LogP contribution in [0.5, 0.6) is 11.5 Å². The van der Waals surface area contributed by atoms with E-state index in [1.807, 2.05) is 0 Å². The monoisotopic (exact) mass is 427 g/mol. The van der Waals surface area contributed by atoms with Gasteiger partial charge in [0, 0.05) is 6.54 Å². The summed E-state index contributed by atoms with van der Waals surface area (Å²) in [5.74, 6) is 0.0332. The maximum Gasteiger partial charge on any atom is 0.573 e. The van der Waals surface area contributed by atoms with Crippen molar-refractivity contribution in [3.8, 4) is 11.5 Å². The molecule has 0 aliphatic carbocycles. The van der Waals surface area contributed by atoms with Gasteiger partial charge in [0.1, 0.15) is 23.7 Å². The van der Waals surface area contributed by atoms with Crippen LogP contribution in [0.25, 0.3) is 0 Å². The van der Waals surface area contributed by atoms with Crippen LogP contribution in [0.2, 0.25) is 0 Å². The Morgan fingerprint density at radius 2 is 1.67 bits per heavy atom. The summed E-state index contributed by atoms with van der Waals surface area (Å²) in [5, 5.41) is 11.7. The molecule has 2 rings (SSSR count). The normalized spacial score (nSPS) is 11.7. The lowest BCUT2D eigenvalue weighted by Crippen LogP contribution is -2.32. The van der Waals surface area contributed by atoms with Gasteiger partial charge in [-0.15, -0.1) is 13.2 Å². The van der Waals surface area contributed by atoms with E-state index >= 15 is 0 Å². The summed E-state index contributed by atoms with van der Waals surface area (Å²) in [6.07, 6.45) is -5.55. The molecule has 2 aromatic rings. The van der Waals surface area contributed by atoms with E-state index in [0.717, 1.165) is 0 Å². The van der Waals surface area contributed by atoms with Crippen LogP contribution in [0.4, 0.5) is 18.0 Å². The molecule has 9 heteroatoms. The zero-order valence-corrected chi connectivity index (χ0v) is 16.9. The molecule has 0 spiro atoms. The van der Waals surface area contributed by atoms with Crippen molar-refractivity contribution in [1.29, 1.82) is 0 Å². The van der Waals surface area contributed by atoms with Crippen LogP contribution in [-0.4, -0.2) is 23.2 Å². The first kappa shape index (κ1) is 23.3. The molecule has 0 fully saturated rings. The number of alkyl carbamates (subject to hydrolysis) is 1. The standard InChI is InChI=1S/C21H24F3NO5/c1-20(2,3)30-19(27)25-11-15-7-16(10-18(9-15)29-21(22,23)24)13-28-17-6-4-5-14(8-17)12-26/h4-10,26H,11-13H2,1-3H3,(H,25,27). The van der Waals surface area contributed by atoms with Gasteiger partial charge in [-0.1, -0.05) is 18.2 Å². The fourth-order valence-electron chi connectivity index (χ4n) is 2.50. The molecule has 0 aliphatic rings. The molecule has 1 amide bonds. The first-order valence-electron chi connectivity index (χ1n) is 9.11. The molecular weight excluding hydrogens is 403 g/mol. The molecule has 0 aromatic heterocycles. The zero-order chi connectivity index (χ0) is 22.4. The molecular formula is C21H24F3NO5. The molecule has 0 heterocycles. The SMILES string of the molecule is CC(C)(C)OC(=O)NCc1cc(COc2cccc(CO)c2)cc(OC(F)(F)F)c1.